The van der Waals surface area contributed by atoms with Crippen LogP contribution in [-0.2, 0) is 0 Å². The molecule has 0 aliphatic heterocycles. The van der Waals surface area contributed by atoms with Gasteiger partial charge in [-0.2, -0.15) is 4.98 Å². The van der Waals surface area contributed by atoms with Gasteiger partial charge in [-0.25, -0.2) is 4.68 Å². The van der Waals surface area contributed by atoms with Crippen molar-refractivity contribution in [3.63, 3.8) is 0 Å². The van der Waals surface area contributed by atoms with E-state index in [9.17, 15) is 0 Å². The summed E-state index contributed by atoms with van der Waals surface area (Å²) in [6.45, 7) is 0. The zero-order chi connectivity index (χ0) is 14.2. The normalized spacial score (nSPS) is 11.0. The van der Waals surface area contributed by atoms with Gasteiger partial charge in [-0.05, 0) is 36.5 Å². The van der Waals surface area contributed by atoms with Gasteiger partial charge in [0.2, 0.25) is 10.7 Å². The Balaban J connectivity index is 1.95. The first-order chi connectivity index (χ1) is 10.3. The summed E-state index contributed by atoms with van der Waals surface area (Å²) < 4.78 is 9.42. The molecule has 2 heterocycles. The van der Waals surface area contributed by atoms with E-state index < -0.39 is 0 Å². The van der Waals surface area contributed by atoms with Gasteiger partial charge in [0.25, 0.3) is 0 Å². The van der Waals surface area contributed by atoms with Crippen LogP contribution < -0.4 is 0 Å². The first-order valence-corrected chi connectivity index (χ1v) is 6.83. The summed E-state index contributed by atoms with van der Waals surface area (Å²) in [7, 11) is 0. The Labute approximate surface area is 125 Å². The summed E-state index contributed by atoms with van der Waals surface area (Å²) in [6.07, 6.45) is 0. The average Bonchev–Trinajstić information content (AvgIpc) is 3.05. The molecule has 0 aliphatic rings. The molecule has 0 amide bonds. The van der Waals surface area contributed by atoms with Crippen LogP contribution >= 0.6 is 12.2 Å². The third kappa shape index (κ3) is 1.96. The highest BCUT2D eigenvalue weighted by atomic mass is 32.1. The number of fused-ring (bicyclic) bond motifs is 1. The topological polar surface area (TPSA) is 48.3 Å². The zero-order valence-electron chi connectivity index (χ0n) is 10.9. The van der Waals surface area contributed by atoms with Crippen molar-refractivity contribution in [2.75, 3.05) is 0 Å². The van der Waals surface area contributed by atoms with Crippen molar-refractivity contribution < 1.29 is 4.42 Å². The van der Waals surface area contributed by atoms with Crippen molar-refractivity contribution in [3.05, 3.63) is 65.4 Å². The molecule has 0 fully saturated rings. The summed E-state index contributed by atoms with van der Waals surface area (Å²) in [5.41, 5.74) is 1.79. The molecule has 0 spiro atoms. The second kappa shape index (κ2) is 4.68. The van der Waals surface area contributed by atoms with Crippen LogP contribution in [0.25, 0.3) is 23.0 Å². The molecule has 0 saturated heterocycles. The highest BCUT2D eigenvalue weighted by Crippen LogP contribution is 2.20. The Morgan fingerprint density at radius 3 is 2.29 bits per heavy atom. The summed E-state index contributed by atoms with van der Waals surface area (Å²) in [4.78, 5) is 4.25. The molecule has 102 valence electrons. The molecule has 21 heavy (non-hydrogen) atoms. The number of para-hydroxylation sites is 1. The van der Waals surface area contributed by atoms with Gasteiger partial charge < -0.3 is 4.42 Å². The Kier molecular flexibility index (Phi) is 2.68. The van der Waals surface area contributed by atoms with Gasteiger partial charge in [-0.1, -0.05) is 36.4 Å². The predicted molar refractivity (Wildman–Crippen MR) is 80.9 cm³/mol. The van der Waals surface area contributed by atoms with Crippen molar-refractivity contribution in [3.8, 4) is 17.1 Å². The van der Waals surface area contributed by atoms with Crippen LogP contribution in [0, 0.1) is 4.77 Å². The fourth-order valence-electron chi connectivity index (χ4n) is 2.17. The average molecular weight is 294 g/mol. The van der Waals surface area contributed by atoms with Gasteiger partial charge in [0.1, 0.15) is 0 Å². The maximum atomic E-state index is 5.69. The molecule has 2 aromatic carbocycles. The number of rotatable bonds is 2. The SMILES string of the molecule is S=c1nc2oc(-c3ccccc3)nn2n1-c1ccccc1. The van der Waals surface area contributed by atoms with Crippen LogP contribution in [0.2, 0.25) is 0 Å². The smallest absolute Gasteiger partial charge is 0.344 e. The van der Waals surface area contributed by atoms with E-state index in [1.165, 1.54) is 0 Å². The number of hydrogen-bond acceptors (Lipinski definition) is 4. The van der Waals surface area contributed by atoms with Crippen molar-refractivity contribution in [1.82, 2.24) is 19.4 Å². The fourth-order valence-corrected chi connectivity index (χ4v) is 2.43. The molecule has 0 N–H and O–H groups in total. The first kappa shape index (κ1) is 12.0. The van der Waals surface area contributed by atoms with Crippen LogP contribution in [0.15, 0.2) is 65.1 Å². The monoisotopic (exact) mass is 294 g/mol. The lowest BCUT2D eigenvalue weighted by Crippen LogP contribution is -2.04. The lowest BCUT2D eigenvalue weighted by atomic mass is 10.2. The number of benzene rings is 2. The molecule has 0 aliphatic carbocycles. The van der Waals surface area contributed by atoms with Gasteiger partial charge in [0, 0.05) is 5.56 Å². The summed E-state index contributed by atoms with van der Waals surface area (Å²) in [5.74, 6) is 0.889. The second-order valence-electron chi connectivity index (χ2n) is 4.49. The van der Waals surface area contributed by atoms with E-state index in [0.717, 1.165) is 11.3 Å². The lowest BCUT2D eigenvalue weighted by Gasteiger charge is -2.01. The first-order valence-electron chi connectivity index (χ1n) is 6.43. The maximum Gasteiger partial charge on any atom is 0.344 e. The second-order valence-corrected chi connectivity index (χ2v) is 4.85. The molecule has 0 bridgehead atoms. The van der Waals surface area contributed by atoms with E-state index in [1.54, 1.807) is 9.31 Å². The largest absolute Gasteiger partial charge is 0.402 e. The molecule has 0 saturated carbocycles. The Morgan fingerprint density at radius 1 is 0.905 bits per heavy atom. The molecular formula is C15H10N4OS. The minimum atomic E-state index is 0.378. The van der Waals surface area contributed by atoms with Gasteiger partial charge in [0.15, 0.2) is 0 Å². The number of hydrogen-bond donors (Lipinski definition) is 0. The van der Waals surface area contributed by atoms with E-state index >= 15 is 0 Å². The Hall–Kier alpha value is -2.73. The highest BCUT2D eigenvalue weighted by Gasteiger charge is 2.14. The minimum absolute atomic E-state index is 0.378. The third-order valence-electron chi connectivity index (χ3n) is 3.13. The molecule has 4 aromatic rings. The molecule has 4 rings (SSSR count). The highest BCUT2D eigenvalue weighted by molar-refractivity contribution is 7.71. The molecule has 6 heteroatoms. The van der Waals surface area contributed by atoms with Crippen molar-refractivity contribution in [2.24, 2.45) is 0 Å². The van der Waals surface area contributed by atoms with Gasteiger partial charge in [-0.3, -0.25) is 0 Å². The number of aromatic nitrogens is 4. The maximum absolute atomic E-state index is 5.69. The van der Waals surface area contributed by atoms with Crippen LogP contribution in [0.5, 0.6) is 0 Å². The quantitative estimate of drug-likeness (QED) is 0.531. The predicted octanol–water partition coefficient (Wildman–Crippen LogP) is 3.51. The standard InChI is InChI=1S/C15H10N4OS/c21-15-16-14-19(18(15)12-9-5-2-6-10-12)17-13(20-14)11-7-3-1-4-8-11/h1-10H. The van der Waals surface area contributed by atoms with E-state index in [2.05, 4.69) is 10.1 Å². The molecule has 2 aromatic heterocycles. The van der Waals surface area contributed by atoms with E-state index in [0.29, 0.717) is 16.5 Å². The van der Waals surface area contributed by atoms with E-state index in [4.69, 9.17) is 16.6 Å². The molecule has 0 atom stereocenters. The van der Waals surface area contributed by atoms with Crippen molar-refractivity contribution in [2.45, 2.75) is 0 Å². The van der Waals surface area contributed by atoms with Gasteiger partial charge in [-0.15, -0.1) is 9.73 Å². The molecular weight excluding hydrogens is 284 g/mol. The fraction of sp³-hybridized carbons (Fsp3) is 0. The third-order valence-corrected chi connectivity index (χ3v) is 3.39. The Morgan fingerprint density at radius 2 is 1.57 bits per heavy atom. The van der Waals surface area contributed by atoms with E-state index in [1.807, 2.05) is 60.7 Å². The van der Waals surface area contributed by atoms with Gasteiger partial charge >= 0.3 is 5.84 Å². The van der Waals surface area contributed by atoms with Crippen LogP contribution in [0.4, 0.5) is 0 Å². The van der Waals surface area contributed by atoms with E-state index in [-0.39, 0.29) is 0 Å². The lowest BCUT2D eigenvalue weighted by molar-refractivity contribution is 0.604. The summed E-state index contributed by atoms with van der Waals surface area (Å²) in [5, 5.41) is 4.46. The molecule has 0 unspecified atom stereocenters. The summed E-state index contributed by atoms with van der Waals surface area (Å²) >= 11 is 5.28. The van der Waals surface area contributed by atoms with Crippen LogP contribution in [0.3, 0.4) is 0 Å². The van der Waals surface area contributed by atoms with Crippen molar-refractivity contribution >= 4 is 18.1 Å². The van der Waals surface area contributed by atoms with Gasteiger partial charge in [0.05, 0.1) is 5.69 Å². The minimum Gasteiger partial charge on any atom is -0.402 e. The van der Waals surface area contributed by atoms with Crippen LogP contribution in [-0.4, -0.2) is 19.4 Å². The number of nitrogens with zero attached hydrogens (tertiary/aromatic N) is 4. The summed E-state index contributed by atoms with van der Waals surface area (Å²) in [6, 6.07) is 19.4. The van der Waals surface area contributed by atoms with Crippen LogP contribution in [0.1, 0.15) is 0 Å². The zero-order valence-corrected chi connectivity index (χ0v) is 11.7. The van der Waals surface area contributed by atoms with Crippen molar-refractivity contribution in [1.29, 1.82) is 0 Å². The molecule has 5 nitrogen and oxygen atoms in total. The molecule has 0 radical (unpaired) electrons. The Bertz CT molecular complexity index is 954.